The van der Waals surface area contributed by atoms with Crippen molar-refractivity contribution >= 4 is 17.5 Å². The standard InChI is InChI=1S/C20H22FN3O2/c1-12-18(24-19(25)16-5-3-4-6-17(16)20(24)26)13(2)23(22-12)11-14-7-9-15(21)10-8-14/h7-10,16-17H,3-6,11H2,1-2H3/t16-,17+. The highest BCUT2D eigenvalue weighted by atomic mass is 19.1. The Morgan fingerprint density at radius 3 is 2.19 bits per heavy atom. The molecule has 1 aliphatic heterocycles. The molecule has 0 unspecified atom stereocenters. The largest absolute Gasteiger partial charge is 0.274 e. The second kappa shape index (κ2) is 6.34. The molecule has 0 spiro atoms. The lowest BCUT2D eigenvalue weighted by atomic mass is 9.81. The van der Waals surface area contributed by atoms with Gasteiger partial charge in [0.05, 0.1) is 35.5 Å². The van der Waals surface area contributed by atoms with Crippen LogP contribution >= 0.6 is 0 Å². The Balaban J connectivity index is 1.67. The van der Waals surface area contributed by atoms with E-state index in [1.165, 1.54) is 17.0 Å². The summed E-state index contributed by atoms with van der Waals surface area (Å²) in [5.41, 5.74) is 2.99. The van der Waals surface area contributed by atoms with Gasteiger partial charge in [0.2, 0.25) is 11.8 Å². The van der Waals surface area contributed by atoms with Crippen LogP contribution in [0.5, 0.6) is 0 Å². The summed E-state index contributed by atoms with van der Waals surface area (Å²) in [7, 11) is 0. The minimum atomic E-state index is -0.279. The summed E-state index contributed by atoms with van der Waals surface area (Å²) in [6.07, 6.45) is 3.62. The molecule has 2 fully saturated rings. The highest BCUT2D eigenvalue weighted by molar-refractivity contribution is 6.22. The van der Waals surface area contributed by atoms with Gasteiger partial charge in [0.1, 0.15) is 5.82 Å². The zero-order valence-corrected chi connectivity index (χ0v) is 15.0. The highest BCUT2D eigenvalue weighted by Crippen LogP contribution is 2.41. The molecular weight excluding hydrogens is 333 g/mol. The van der Waals surface area contributed by atoms with Gasteiger partial charge < -0.3 is 0 Å². The number of anilines is 1. The molecule has 5 nitrogen and oxygen atoms in total. The van der Waals surface area contributed by atoms with Gasteiger partial charge in [0, 0.05) is 0 Å². The first-order chi connectivity index (χ1) is 12.5. The molecule has 4 rings (SSSR count). The van der Waals surface area contributed by atoms with Crippen molar-refractivity contribution in [3.63, 3.8) is 0 Å². The maximum atomic E-state index is 13.1. The van der Waals surface area contributed by atoms with Gasteiger partial charge in [-0.2, -0.15) is 5.10 Å². The number of benzene rings is 1. The van der Waals surface area contributed by atoms with Gasteiger partial charge in [-0.25, -0.2) is 9.29 Å². The monoisotopic (exact) mass is 355 g/mol. The topological polar surface area (TPSA) is 55.2 Å². The summed E-state index contributed by atoms with van der Waals surface area (Å²) >= 11 is 0. The van der Waals surface area contributed by atoms with Crippen molar-refractivity contribution in [1.82, 2.24) is 9.78 Å². The number of rotatable bonds is 3. The zero-order valence-electron chi connectivity index (χ0n) is 15.0. The summed E-state index contributed by atoms with van der Waals surface area (Å²) < 4.78 is 14.9. The zero-order chi connectivity index (χ0) is 18.4. The third-order valence-electron chi connectivity index (χ3n) is 5.65. The molecule has 2 aromatic rings. The van der Waals surface area contributed by atoms with Crippen LogP contribution in [-0.4, -0.2) is 21.6 Å². The number of fused-ring (bicyclic) bond motifs is 1. The van der Waals surface area contributed by atoms with Crippen LogP contribution in [-0.2, 0) is 16.1 Å². The Labute approximate surface area is 151 Å². The van der Waals surface area contributed by atoms with Gasteiger partial charge in [-0.05, 0) is 44.4 Å². The van der Waals surface area contributed by atoms with Crippen LogP contribution in [0.25, 0.3) is 0 Å². The molecular formula is C20H22FN3O2. The fourth-order valence-corrected chi connectivity index (χ4v) is 4.31. The summed E-state index contributed by atoms with van der Waals surface area (Å²) in [6.45, 7) is 4.17. The van der Waals surface area contributed by atoms with E-state index in [4.69, 9.17) is 0 Å². The maximum Gasteiger partial charge on any atom is 0.237 e. The van der Waals surface area contributed by atoms with Crippen molar-refractivity contribution in [1.29, 1.82) is 0 Å². The van der Waals surface area contributed by atoms with Crippen LogP contribution < -0.4 is 4.90 Å². The predicted molar refractivity (Wildman–Crippen MR) is 95.1 cm³/mol. The number of imide groups is 1. The van der Waals surface area contributed by atoms with Crippen molar-refractivity contribution in [3.8, 4) is 0 Å². The van der Waals surface area contributed by atoms with Gasteiger partial charge in [0.25, 0.3) is 0 Å². The quantitative estimate of drug-likeness (QED) is 0.793. The van der Waals surface area contributed by atoms with Crippen molar-refractivity contribution in [2.45, 2.75) is 46.1 Å². The predicted octanol–water partition coefficient (Wildman–Crippen LogP) is 3.37. The molecule has 1 aromatic heterocycles. The van der Waals surface area contributed by atoms with E-state index in [0.29, 0.717) is 17.9 Å². The second-order valence-electron chi connectivity index (χ2n) is 7.31. The van der Waals surface area contributed by atoms with Crippen LogP contribution in [0.1, 0.15) is 42.6 Å². The molecule has 1 saturated carbocycles. The van der Waals surface area contributed by atoms with Crippen LogP contribution in [0.4, 0.5) is 10.1 Å². The van der Waals surface area contributed by atoms with Crippen molar-refractivity contribution < 1.29 is 14.0 Å². The van der Waals surface area contributed by atoms with Crippen LogP contribution in [0.3, 0.4) is 0 Å². The van der Waals surface area contributed by atoms with E-state index in [0.717, 1.165) is 36.9 Å². The normalized spacial score (nSPS) is 22.8. The third kappa shape index (κ3) is 2.64. The van der Waals surface area contributed by atoms with E-state index >= 15 is 0 Å². The van der Waals surface area contributed by atoms with E-state index in [1.54, 1.807) is 16.8 Å². The Hall–Kier alpha value is -2.50. The molecule has 6 heteroatoms. The fraction of sp³-hybridized carbons (Fsp3) is 0.450. The highest BCUT2D eigenvalue weighted by Gasteiger charge is 2.49. The number of hydrogen-bond acceptors (Lipinski definition) is 3. The SMILES string of the molecule is Cc1nn(Cc2ccc(F)cc2)c(C)c1N1C(=O)[C@H]2CCCC[C@H]2C1=O. The second-order valence-corrected chi connectivity index (χ2v) is 7.31. The molecule has 2 heterocycles. The molecule has 0 bridgehead atoms. The number of aromatic nitrogens is 2. The van der Waals surface area contributed by atoms with Crippen molar-refractivity contribution in [2.24, 2.45) is 11.8 Å². The lowest BCUT2D eigenvalue weighted by Crippen LogP contribution is -2.31. The first-order valence-corrected chi connectivity index (χ1v) is 9.13. The molecule has 1 saturated heterocycles. The molecule has 1 aliphatic carbocycles. The summed E-state index contributed by atoms with van der Waals surface area (Å²) in [5, 5.41) is 4.54. The Bertz CT molecular complexity index is 848. The molecule has 2 amide bonds. The summed E-state index contributed by atoms with van der Waals surface area (Å²) in [6, 6.07) is 6.26. The molecule has 0 radical (unpaired) electrons. The van der Waals surface area contributed by atoms with Gasteiger partial charge in [-0.15, -0.1) is 0 Å². The Morgan fingerprint density at radius 2 is 1.62 bits per heavy atom. The smallest absolute Gasteiger partial charge is 0.237 e. The van der Waals surface area contributed by atoms with Crippen LogP contribution in [0.2, 0.25) is 0 Å². The van der Waals surface area contributed by atoms with E-state index < -0.39 is 0 Å². The number of amides is 2. The maximum absolute atomic E-state index is 13.1. The summed E-state index contributed by atoms with van der Waals surface area (Å²) in [4.78, 5) is 27.1. The average molecular weight is 355 g/mol. The van der Waals surface area contributed by atoms with E-state index in [-0.39, 0.29) is 29.5 Å². The number of nitrogens with zero attached hydrogens (tertiary/aromatic N) is 3. The first-order valence-electron chi connectivity index (χ1n) is 9.13. The molecule has 26 heavy (non-hydrogen) atoms. The van der Waals surface area contributed by atoms with E-state index in [2.05, 4.69) is 5.10 Å². The van der Waals surface area contributed by atoms with Crippen molar-refractivity contribution in [2.75, 3.05) is 4.90 Å². The Morgan fingerprint density at radius 1 is 1.04 bits per heavy atom. The number of carbonyl (C=O) groups excluding carboxylic acids is 2. The van der Waals surface area contributed by atoms with E-state index in [1.807, 2.05) is 13.8 Å². The van der Waals surface area contributed by atoms with E-state index in [9.17, 15) is 14.0 Å². The molecule has 2 aliphatic rings. The van der Waals surface area contributed by atoms with Crippen LogP contribution in [0, 0.1) is 31.5 Å². The number of halogens is 1. The lowest BCUT2D eigenvalue weighted by Gasteiger charge is -2.19. The van der Waals surface area contributed by atoms with Gasteiger partial charge in [-0.3, -0.25) is 14.3 Å². The fourth-order valence-electron chi connectivity index (χ4n) is 4.31. The molecule has 2 atom stereocenters. The number of hydrogen-bond donors (Lipinski definition) is 0. The number of aryl methyl sites for hydroxylation is 1. The van der Waals surface area contributed by atoms with Gasteiger partial charge >= 0.3 is 0 Å². The van der Waals surface area contributed by atoms with Gasteiger partial charge in [0.15, 0.2) is 0 Å². The number of carbonyl (C=O) groups is 2. The van der Waals surface area contributed by atoms with Crippen molar-refractivity contribution in [3.05, 3.63) is 47.0 Å². The van der Waals surface area contributed by atoms with Crippen LogP contribution in [0.15, 0.2) is 24.3 Å². The third-order valence-corrected chi connectivity index (χ3v) is 5.65. The molecule has 1 aromatic carbocycles. The first kappa shape index (κ1) is 16.9. The Kier molecular flexibility index (Phi) is 4.13. The minimum Gasteiger partial charge on any atom is -0.274 e. The minimum absolute atomic E-state index is 0.0766. The average Bonchev–Trinajstić information content (AvgIpc) is 3.04. The molecule has 0 N–H and O–H groups in total. The summed E-state index contributed by atoms with van der Waals surface area (Å²) in [5.74, 6) is -0.774. The van der Waals surface area contributed by atoms with Gasteiger partial charge in [-0.1, -0.05) is 25.0 Å². The molecule has 136 valence electrons. The lowest BCUT2D eigenvalue weighted by molar-refractivity contribution is -0.122.